The molecule has 9 heteroatoms. The molecule has 0 bridgehead atoms. The largest absolute Gasteiger partial charge is 0.455 e. The molecule has 0 amide bonds. The van der Waals surface area contributed by atoms with Crippen LogP contribution in [0.15, 0.2) is 60.8 Å². The average Bonchev–Trinajstić information content (AvgIpc) is 2.61. The number of hydrogen-bond acceptors (Lipinski definition) is 7. The standard InChI is InChI=1S/C20H29NO7S/c1-20(25,13-12-17-10-8-11-19(24)28-17)18(21-29(2,26)27)15-16(23)9-6-4-3-5-7-14-22/h3-9,11-13,16-18,21-23,25H,10,14-15H2,1-2H3/b4-3-,7-5+,9-6-,13-12+/t16-,17+,18?,20+/m0/s1. The molecule has 0 spiro atoms. The second-order valence-electron chi connectivity index (χ2n) is 6.82. The molecule has 1 aliphatic heterocycles. The van der Waals surface area contributed by atoms with Gasteiger partial charge < -0.3 is 20.1 Å². The van der Waals surface area contributed by atoms with Crippen molar-refractivity contribution in [2.24, 2.45) is 0 Å². The predicted octanol–water partition coefficient (Wildman–Crippen LogP) is 0.495. The molecular formula is C20H29NO7S. The van der Waals surface area contributed by atoms with Crippen molar-refractivity contribution in [2.75, 3.05) is 12.9 Å². The molecule has 0 radical (unpaired) electrons. The van der Waals surface area contributed by atoms with Crippen LogP contribution >= 0.6 is 0 Å². The summed E-state index contributed by atoms with van der Waals surface area (Å²) in [4.78, 5) is 11.3. The Labute approximate surface area is 171 Å². The molecular weight excluding hydrogens is 398 g/mol. The first-order valence-electron chi connectivity index (χ1n) is 9.08. The number of hydrogen-bond donors (Lipinski definition) is 4. The highest BCUT2D eigenvalue weighted by Crippen LogP contribution is 2.20. The highest BCUT2D eigenvalue weighted by Gasteiger charge is 2.33. The molecule has 1 aliphatic rings. The highest BCUT2D eigenvalue weighted by atomic mass is 32.2. The molecule has 1 rings (SSSR count). The fraction of sp³-hybridized carbons (Fsp3) is 0.450. The Kier molecular flexibility index (Phi) is 10.2. The average molecular weight is 428 g/mol. The van der Waals surface area contributed by atoms with Gasteiger partial charge in [-0.3, -0.25) is 0 Å². The van der Waals surface area contributed by atoms with Gasteiger partial charge in [0.25, 0.3) is 0 Å². The molecule has 1 unspecified atom stereocenters. The van der Waals surface area contributed by atoms with Gasteiger partial charge in [0, 0.05) is 12.5 Å². The van der Waals surface area contributed by atoms with Crippen LogP contribution in [0, 0.1) is 0 Å². The van der Waals surface area contributed by atoms with E-state index in [4.69, 9.17) is 9.84 Å². The van der Waals surface area contributed by atoms with E-state index in [1.54, 1.807) is 30.4 Å². The molecule has 0 saturated carbocycles. The van der Waals surface area contributed by atoms with Gasteiger partial charge >= 0.3 is 5.97 Å². The van der Waals surface area contributed by atoms with Gasteiger partial charge in [0.05, 0.1) is 30.6 Å². The van der Waals surface area contributed by atoms with Crippen molar-refractivity contribution in [2.45, 2.75) is 43.6 Å². The number of nitrogens with one attached hydrogen (secondary N) is 1. The first kappa shape index (κ1) is 25.0. The third-order valence-corrected chi connectivity index (χ3v) is 4.70. The number of sulfonamides is 1. The van der Waals surface area contributed by atoms with Crippen LogP contribution < -0.4 is 4.72 Å². The van der Waals surface area contributed by atoms with Crippen molar-refractivity contribution < 1.29 is 33.3 Å². The van der Waals surface area contributed by atoms with Crippen LogP contribution in [0.3, 0.4) is 0 Å². The van der Waals surface area contributed by atoms with Gasteiger partial charge in [0.2, 0.25) is 10.0 Å². The number of carbonyl (C=O) groups is 1. The number of esters is 1. The number of aliphatic hydroxyl groups is 3. The summed E-state index contributed by atoms with van der Waals surface area (Å²) >= 11 is 0. The minimum Gasteiger partial charge on any atom is -0.455 e. The molecule has 0 aromatic carbocycles. The molecule has 0 aromatic heterocycles. The number of rotatable bonds is 11. The maximum atomic E-state index is 11.7. The van der Waals surface area contributed by atoms with Gasteiger partial charge in [-0.15, -0.1) is 0 Å². The Morgan fingerprint density at radius 1 is 1.34 bits per heavy atom. The summed E-state index contributed by atoms with van der Waals surface area (Å²) < 4.78 is 30.9. The van der Waals surface area contributed by atoms with Gasteiger partial charge in [0.15, 0.2) is 0 Å². The van der Waals surface area contributed by atoms with E-state index in [1.807, 2.05) is 0 Å². The third-order valence-electron chi connectivity index (χ3n) is 3.99. The minimum absolute atomic E-state index is 0.0749. The normalized spacial score (nSPS) is 22.5. The molecule has 4 atom stereocenters. The van der Waals surface area contributed by atoms with Crippen LogP contribution in [-0.2, 0) is 19.6 Å². The Morgan fingerprint density at radius 3 is 2.66 bits per heavy atom. The lowest BCUT2D eigenvalue weighted by Crippen LogP contribution is -2.51. The third kappa shape index (κ3) is 10.9. The smallest absolute Gasteiger partial charge is 0.331 e. The Bertz CT molecular complexity index is 779. The fourth-order valence-electron chi connectivity index (χ4n) is 2.52. The fourth-order valence-corrected chi connectivity index (χ4v) is 3.37. The van der Waals surface area contributed by atoms with E-state index in [-0.39, 0.29) is 13.0 Å². The minimum atomic E-state index is -3.66. The molecule has 29 heavy (non-hydrogen) atoms. The second-order valence-corrected chi connectivity index (χ2v) is 8.60. The van der Waals surface area contributed by atoms with E-state index in [0.717, 1.165) is 6.26 Å². The van der Waals surface area contributed by atoms with Crippen LogP contribution in [0.4, 0.5) is 0 Å². The van der Waals surface area contributed by atoms with E-state index in [1.165, 1.54) is 37.3 Å². The zero-order chi connectivity index (χ0) is 21.9. The molecule has 0 aromatic rings. The highest BCUT2D eigenvalue weighted by molar-refractivity contribution is 7.88. The molecule has 8 nitrogen and oxygen atoms in total. The Hall–Kier alpha value is -2.04. The van der Waals surface area contributed by atoms with Crippen molar-refractivity contribution in [3.05, 3.63) is 60.8 Å². The van der Waals surface area contributed by atoms with E-state index >= 15 is 0 Å². The van der Waals surface area contributed by atoms with E-state index in [9.17, 15) is 23.4 Å². The van der Waals surface area contributed by atoms with Crippen molar-refractivity contribution in [3.8, 4) is 0 Å². The summed E-state index contributed by atoms with van der Waals surface area (Å²) in [5, 5.41) is 29.6. The Balaban J connectivity index is 2.85. The topological polar surface area (TPSA) is 133 Å². The van der Waals surface area contributed by atoms with Gasteiger partial charge in [0.1, 0.15) is 6.10 Å². The number of cyclic esters (lactones) is 1. The molecule has 1 heterocycles. The molecule has 0 aliphatic carbocycles. The summed E-state index contributed by atoms with van der Waals surface area (Å²) in [6.45, 7) is 1.33. The Morgan fingerprint density at radius 2 is 2.03 bits per heavy atom. The summed E-state index contributed by atoms with van der Waals surface area (Å²) in [5.74, 6) is -0.487. The second kappa shape index (κ2) is 11.8. The van der Waals surface area contributed by atoms with Crippen LogP contribution in [0.2, 0.25) is 0 Å². The first-order valence-corrected chi connectivity index (χ1v) is 11.0. The van der Waals surface area contributed by atoms with Crippen molar-refractivity contribution >= 4 is 16.0 Å². The SMILES string of the molecule is C[C@@](O)(/C=C/[C@H]1CC=CC(=O)O1)C(C[C@@H](O)\C=C/C=C\C=C\CO)NS(C)(=O)=O. The summed E-state index contributed by atoms with van der Waals surface area (Å²) in [6, 6.07) is -1.03. The maximum absolute atomic E-state index is 11.7. The predicted molar refractivity (Wildman–Crippen MR) is 110 cm³/mol. The maximum Gasteiger partial charge on any atom is 0.331 e. The van der Waals surface area contributed by atoms with Crippen molar-refractivity contribution in [3.63, 3.8) is 0 Å². The monoisotopic (exact) mass is 427 g/mol. The van der Waals surface area contributed by atoms with Crippen LogP contribution in [-0.4, -0.2) is 66.4 Å². The zero-order valence-electron chi connectivity index (χ0n) is 16.5. The molecule has 162 valence electrons. The van der Waals surface area contributed by atoms with E-state index in [2.05, 4.69) is 4.72 Å². The lowest BCUT2D eigenvalue weighted by Gasteiger charge is -2.32. The molecule has 4 N–H and O–H groups in total. The van der Waals surface area contributed by atoms with E-state index in [0.29, 0.717) is 6.42 Å². The number of allylic oxidation sites excluding steroid dienone is 4. The first-order chi connectivity index (χ1) is 13.5. The molecule has 0 saturated heterocycles. The summed E-state index contributed by atoms with van der Waals surface area (Å²) in [6.07, 6.45) is 15.0. The van der Waals surface area contributed by atoms with Gasteiger partial charge in [-0.25, -0.2) is 17.9 Å². The van der Waals surface area contributed by atoms with Crippen molar-refractivity contribution in [1.82, 2.24) is 4.72 Å². The van der Waals surface area contributed by atoms with Gasteiger partial charge in [-0.05, 0) is 19.4 Å². The number of aliphatic hydroxyl groups excluding tert-OH is 2. The van der Waals surface area contributed by atoms with Crippen LogP contribution in [0.5, 0.6) is 0 Å². The quantitative estimate of drug-likeness (QED) is 0.214. The zero-order valence-corrected chi connectivity index (χ0v) is 17.3. The van der Waals surface area contributed by atoms with Crippen molar-refractivity contribution in [1.29, 1.82) is 0 Å². The number of carbonyl (C=O) groups excluding carboxylic acids is 1. The summed E-state index contributed by atoms with van der Waals surface area (Å²) in [5.41, 5.74) is -1.65. The number of ether oxygens (including phenoxy) is 1. The van der Waals surface area contributed by atoms with Crippen LogP contribution in [0.25, 0.3) is 0 Å². The summed E-state index contributed by atoms with van der Waals surface area (Å²) in [7, 11) is -3.66. The van der Waals surface area contributed by atoms with Crippen LogP contribution in [0.1, 0.15) is 19.8 Å². The van der Waals surface area contributed by atoms with Gasteiger partial charge in [-0.1, -0.05) is 48.6 Å². The molecule has 0 fully saturated rings. The van der Waals surface area contributed by atoms with Gasteiger partial charge in [-0.2, -0.15) is 0 Å². The lowest BCUT2D eigenvalue weighted by atomic mass is 9.91. The van der Waals surface area contributed by atoms with E-state index < -0.39 is 39.8 Å². The lowest BCUT2D eigenvalue weighted by molar-refractivity contribution is -0.141.